The van der Waals surface area contributed by atoms with Crippen LogP contribution in [0.3, 0.4) is 0 Å². The molecule has 0 amide bonds. The van der Waals surface area contributed by atoms with Crippen LogP contribution in [0, 0.1) is 5.92 Å². The monoisotopic (exact) mass is 332 g/mol. The average Bonchev–Trinajstić information content (AvgIpc) is 3.31. The van der Waals surface area contributed by atoms with Gasteiger partial charge in [-0.2, -0.15) is 0 Å². The summed E-state index contributed by atoms with van der Waals surface area (Å²) in [7, 11) is 0. The van der Waals surface area contributed by atoms with E-state index in [0.717, 1.165) is 34.2 Å². The van der Waals surface area contributed by atoms with Crippen LogP contribution >= 0.6 is 15.9 Å². The van der Waals surface area contributed by atoms with E-state index in [0.29, 0.717) is 12.5 Å². The maximum Gasteiger partial charge on any atom is 0.119 e. The Labute approximate surface area is 127 Å². The lowest BCUT2D eigenvalue weighted by atomic mass is 10.1. The molecule has 0 spiro atoms. The van der Waals surface area contributed by atoms with E-state index in [2.05, 4.69) is 15.9 Å². The number of rotatable bonds is 5. The van der Waals surface area contributed by atoms with E-state index in [-0.39, 0.29) is 6.10 Å². The molecule has 0 radical (unpaired) electrons. The van der Waals surface area contributed by atoms with E-state index >= 15 is 0 Å². The van der Waals surface area contributed by atoms with E-state index < -0.39 is 0 Å². The van der Waals surface area contributed by atoms with Crippen LogP contribution in [-0.4, -0.2) is 5.11 Å². The third kappa shape index (κ3) is 3.41. The largest absolute Gasteiger partial charge is 0.489 e. The summed E-state index contributed by atoms with van der Waals surface area (Å²) in [5, 5.41) is 10.0. The van der Waals surface area contributed by atoms with Gasteiger partial charge in [0.25, 0.3) is 0 Å². The van der Waals surface area contributed by atoms with Crippen molar-refractivity contribution >= 4 is 15.9 Å². The van der Waals surface area contributed by atoms with E-state index in [9.17, 15) is 5.11 Å². The number of aliphatic hydroxyl groups excluding tert-OH is 1. The standard InChI is InChI=1S/C17H17BrO2/c18-15-7-1-12(2-8-15)11-20-16-9-5-14(6-10-16)17(19)13-3-4-13/h1-2,5-10,13,17,19H,3-4,11H2. The molecule has 1 aliphatic rings. The fraction of sp³-hybridized carbons (Fsp3) is 0.294. The molecule has 20 heavy (non-hydrogen) atoms. The van der Waals surface area contributed by atoms with Crippen molar-refractivity contribution in [1.82, 2.24) is 0 Å². The van der Waals surface area contributed by atoms with Gasteiger partial charge in [0.2, 0.25) is 0 Å². The van der Waals surface area contributed by atoms with E-state index in [1.165, 1.54) is 0 Å². The smallest absolute Gasteiger partial charge is 0.119 e. The zero-order chi connectivity index (χ0) is 13.9. The summed E-state index contributed by atoms with van der Waals surface area (Å²) in [6, 6.07) is 15.9. The molecule has 0 aliphatic heterocycles. The number of aliphatic hydroxyl groups is 1. The average molecular weight is 333 g/mol. The first kappa shape index (κ1) is 13.7. The van der Waals surface area contributed by atoms with Crippen molar-refractivity contribution in [2.24, 2.45) is 5.92 Å². The highest BCUT2D eigenvalue weighted by molar-refractivity contribution is 9.10. The Hall–Kier alpha value is -1.32. The van der Waals surface area contributed by atoms with Crippen LogP contribution in [0.1, 0.15) is 30.1 Å². The third-order valence-corrected chi connectivity index (χ3v) is 4.14. The first-order valence-corrected chi connectivity index (χ1v) is 7.67. The topological polar surface area (TPSA) is 29.5 Å². The molecular formula is C17H17BrO2. The Morgan fingerprint density at radius 2 is 1.70 bits per heavy atom. The molecule has 0 heterocycles. The van der Waals surface area contributed by atoms with Crippen molar-refractivity contribution in [1.29, 1.82) is 0 Å². The van der Waals surface area contributed by atoms with Crippen molar-refractivity contribution in [3.05, 3.63) is 64.1 Å². The SMILES string of the molecule is OC(c1ccc(OCc2ccc(Br)cc2)cc1)C1CC1. The molecule has 1 unspecified atom stereocenters. The maximum atomic E-state index is 10.0. The summed E-state index contributed by atoms with van der Waals surface area (Å²) < 4.78 is 6.81. The van der Waals surface area contributed by atoms with Crippen molar-refractivity contribution in [2.75, 3.05) is 0 Å². The van der Waals surface area contributed by atoms with Gasteiger partial charge in [0.05, 0.1) is 6.10 Å². The summed E-state index contributed by atoms with van der Waals surface area (Å²) in [6.07, 6.45) is 1.97. The van der Waals surface area contributed by atoms with Gasteiger partial charge >= 0.3 is 0 Å². The second-order valence-corrected chi connectivity index (χ2v) is 6.18. The molecule has 1 aliphatic carbocycles. The van der Waals surface area contributed by atoms with Crippen molar-refractivity contribution in [3.63, 3.8) is 0 Å². The number of benzene rings is 2. The number of halogens is 1. The fourth-order valence-corrected chi connectivity index (χ4v) is 2.46. The predicted molar refractivity (Wildman–Crippen MR) is 82.6 cm³/mol. The Bertz CT molecular complexity index is 559. The molecule has 2 nitrogen and oxygen atoms in total. The van der Waals surface area contributed by atoms with Gasteiger partial charge < -0.3 is 9.84 Å². The molecule has 0 aromatic heterocycles. The lowest BCUT2D eigenvalue weighted by molar-refractivity contribution is 0.153. The summed E-state index contributed by atoms with van der Waals surface area (Å²) in [5.41, 5.74) is 2.12. The van der Waals surface area contributed by atoms with Crippen LogP contribution in [0.15, 0.2) is 53.0 Å². The third-order valence-electron chi connectivity index (χ3n) is 3.61. The van der Waals surface area contributed by atoms with Crippen LogP contribution in [0.2, 0.25) is 0 Å². The highest BCUT2D eigenvalue weighted by Gasteiger charge is 2.30. The van der Waals surface area contributed by atoms with Crippen molar-refractivity contribution in [2.45, 2.75) is 25.6 Å². The van der Waals surface area contributed by atoms with Crippen LogP contribution < -0.4 is 4.74 Å². The molecule has 1 saturated carbocycles. The first-order valence-electron chi connectivity index (χ1n) is 6.87. The van der Waals surface area contributed by atoms with Crippen molar-refractivity contribution < 1.29 is 9.84 Å². The van der Waals surface area contributed by atoms with E-state index in [1.807, 2.05) is 48.5 Å². The molecular weight excluding hydrogens is 316 g/mol. The summed E-state index contributed by atoms with van der Waals surface area (Å²) in [4.78, 5) is 0. The maximum absolute atomic E-state index is 10.0. The molecule has 1 N–H and O–H groups in total. The predicted octanol–water partition coefficient (Wildman–Crippen LogP) is 4.47. The molecule has 0 saturated heterocycles. The minimum atomic E-state index is -0.310. The minimum absolute atomic E-state index is 0.310. The second kappa shape index (κ2) is 5.98. The summed E-state index contributed by atoms with van der Waals surface area (Å²) in [5.74, 6) is 1.30. The van der Waals surface area contributed by atoms with Gasteiger partial charge in [0, 0.05) is 4.47 Å². The van der Waals surface area contributed by atoms with Gasteiger partial charge in [0.15, 0.2) is 0 Å². The normalized spacial score (nSPS) is 15.9. The van der Waals surface area contributed by atoms with Gasteiger partial charge in [-0.3, -0.25) is 0 Å². The molecule has 2 aromatic carbocycles. The Morgan fingerprint density at radius 1 is 1.05 bits per heavy atom. The highest BCUT2D eigenvalue weighted by Crippen LogP contribution is 2.41. The molecule has 1 fully saturated rings. The number of hydrogen-bond acceptors (Lipinski definition) is 2. The van der Waals surface area contributed by atoms with Crippen molar-refractivity contribution in [3.8, 4) is 5.75 Å². The van der Waals surface area contributed by atoms with Crippen LogP contribution in [0.4, 0.5) is 0 Å². The van der Waals surface area contributed by atoms with Gasteiger partial charge in [-0.15, -0.1) is 0 Å². The highest BCUT2D eigenvalue weighted by atomic mass is 79.9. The Morgan fingerprint density at radius 3 is 2.30 bits per heavy atom. The molecule has 3 heteroatoms. The van der Waals surface area contributed by atoms with Crippen LogP contribution in [0.25, 0.3) is 0 Å². The number of hydrogen-bond donors (Lipinski definition) is 1. The van der Waals surface area contributed by atoms with Gasteiger partial charge in [-0.05, 0) is 54.2 Å². The minimum Gasteiger partial charge on any atom is -0.489 e. The fourth-order valence-electron chi connectivity index (χ4n) is 2.19. The molecule has 2 aromatic rings. The van der Waals surface area contributed by atoms with Crippen LogP contribution in [-0.2, 0) is 6.61 Å². The molecule has 3 rings (SSSR count). The van der Waals surface area contributed by atoms with Crippen LogP contribution in [0.5, 0.6) is 5.75 Å². The van der Waals surface area contributed by atoms with E-state index in [1.54, 1.807) is 0 Å². The van der Waals surface area contributed by atoms with Gasteiger partial charge in [0.1, 0.15) is 12.4 Å². The zero-order valence-corrected chi connectivity index (χ0v) is 12.7. The summed E-state index contributed by atoms with van der Waals surface area (Å²) in [6.45, 7) is 0.553. The lowest BCUT2D eigenvalue weighted by Gasteiger charge is -2.11. The lowest BCUT2D eigenvalue weighted by Crippen LogP contribution is -2.00. The Balaban J connectivity index is 1.58. The van der Waals surface area contributed by atoms with Gasteiger partial charge in [-0.25, -0.2) is 0 Å². The molecule has 0 bridgehead atoms. The summed E-state index contributed by atoms with van der Waals surface area (Å²) >= 11 is 3.42. The molecule has 104 valence electrons. The second-order valence-electron chi connectivity index (χ2n) is 5.27. The number of ether oxygens (including phenoxy) is 1. The van der Waals surface area contributed by atoms with Gasteiger partial charge in [-0.1, -0.05) is 40.2 Å². The quantitative estimate of drug-likeness (QED) is 0.875. The van der Waals surface area contributed by atoms with E-state index in [4.69, 9.17) is 4.74 Å². The first-order chi connectivity index (χ1) is 9.72. The Kier molecular flexibility index (Phi) is 4.08. The zero-order valence-electron chi connectivity index (χ0n) is 11.1. The molecule has 1 atom stereocenters.